The van der Waals surface area contributed by atoms with Crippen LogP contribution in [0.1, 0.15) is 33.6 Å². The predicted octanol–water partition coefficient (Wildman–Crippen LogP) is 1.60. The number of rotatable bonds is 12. The van der Waals surface area contributed by atoms with Crippen molar-refractivity contribution in [3.05, 3.63) is 0 Å². The van der Waals surface area contributed by atoms with Crippen molar-refractivity contribution in [1.29, 1.82) is 0 Å². The maximum atomic E-state index is 5.87. The fourth-order valence-electron chi connectivity index (χ4n) is 2.25. The van der Waals surface area contributed by atoms with E-state index in [0.717, 1.165) is 19.4 Å². The van der Waals surface area contributed by atoms with E-state index in [-0.39, 0.29) is 18.3 Å². The molecule has 1 rings (SSSR count). The highest BCUT2D eigenvalue weighted by molar-refractivity contribution is 4.97. The second kappa shape index (κ2) is 10.5. The number of hydrogen-bond donors (Lipinski definition) is 1. The molecule has 0 spiro atoms. The fourth-order valence-corrected chi connectivity index (χ4v) is 2.25. The van der Waals surface area contributed by atoms with Crippen molar-refractivity contribution in [2.75, 3.05) is 40.1 Å². The first kappa shape index (κ1) is 17.9. The van der Waals surface area contributed by atoms with Crippen LogP contribution in [0.25, 0.3) is 0 Å². The standard InChI is InChI=1S/C15H31NO4/c1-5-6-16-13-11-14(15(13)20-8-7-17-4)19-10-9-18-12(2)3/h12-16H,5-11H2,1-4H3. The Bertz CT molecular complexity index is 238. The van der Waals surface area contributed by atoms with E-state index in [4.69, 9.17) is 18.9 Å². The van der Waals surface area contributed by atoms with E-state index in [0.29, 0.717) is 32.5 Å². The molecule has 5 heteroatoms. The van der Waals surface area contributed by atoms with Crippen LogP contribution < -0.4 is 5.32 Å². The molecule has 0 radical (unpaired) electrons. The van der Waals surface area contributed by atoms with E-state index in [1.165, 1.54) is 0 Å². The molecule has 0 bridgehead atoms. The molecular weight excluding hydrogens is 258 g/mol. The second-order valence-electron chi connectivity index (χ2n) is 5.45. The van der Waals surface area contributed by atoms with Crippen LogP contribution >= 0.6 is 0 Å². The van der Waals surface area contributed by atoms with Gasteiger partial charge in [-0.2, -0.15) is 0 Å². The quantitative estimate of drug-likeness (QED) is 0.553. The van der Waals surface area contributed by atoms with Crippen molar-refractivity contribution in [2.45, 2.75) is 58.0 Å². The van der Waals surface area contributed by atoms with Crippen LogP contribution in [-0.2, 0) is 18.9 Å². The average molecular weight is 289 g/mol. The van der Waals surface area contributed by atoms with Crippen LogP contribution in [0.15, 0.2) is 0 Å². The van der Waals surface area contributed by atoms with Gasteiger partial charge < -0.3 is 24.3 Å². The molecule has 5 nitrogen and oxygen atoms in total. The third-order valence-electron chi connectivity index (χ3n) is 3.37. The Kier molecular flexibility index (Phi) is 9.39. The van der Waals surface area contributed by atoms with Crippen molar-refractivity contribution in [2.24, 2.45) is 0 Å². The van der Waals surface area contributed by atoms with E-state index in [9.17, 15) is 0 Å². The number of ether oxygens (including phenoxy) is 4. The Morgan fingerprint density at radius 2 is 1.85 bits per heavy atom. The molecule has 0 aromatic carbocycles. The molecule has 20 heavy (non-hydrogen) atoms. The summed E-state index contributed by atoms with van der Waals surface area (Å²) >= 11 is 0. The minimum Gasteiger partial charge on any atom is -0.382 e. The Morgan fingerprint density at radius 3 is 2.50 bits per heavy atom. The van der Waals surface area contributed by atoms with Crippen LogP contribution in [0.2, 0.25) is 0 Å². The fraction of sp³-hybridized carbons (Fsp3) is 1.00. The normalized spacial score (nSPS) is 25.9. The van der Waals surface area contributed by atoms with Gasteiger partial charge in [0, 0.05) is 13.2 Å². The molecule has 1 aliphatic rings. The van der Waals surface area contributed by atoms with Gasteiger partial charge in [-0.3, -0.25) is 0 Å². The van der Waals surface area contributed by atoms with Crippen LogP contribution in [-0.4, -0.2) is 64.4 Å². The lowest BCUT2D eigenvalue weighted by atomic mass is 9.85. The zero-order valence-corrected chi connectivity index (χ0v) is 13.4. The van der Waals surface area contributed by atoms with Gasteiger partial charge in [0.25, 0.3) is 0 Å². The van der Waals surface area contributed by atoms with Crippen LogP contribution in [0.4, 0.5) is 0 Å². The monoisotopic (exact) mass is 289 g/mol. The Balaban J connectivity index is 2.22. The van der Waals surface area contributed by atoms with Gasteiger partial charge in [-0.25, -0.2) is 0 Å². The average Bonchev–Trinajstić information content (AvgIpc) is 2.40. The first-order valence-electron chi connectivity index (χ1n) is 7.76. The van der Waals surface area contributed by atoms with Crippen LogP contribution in [0, 0.1) is 0 Å². The minimum atomic E-state index is 0.135. The molecule has 3 atom stereocenters. The summed E-state index contributed by atoms with van der Waals surface area (Å²) in [5.74, 6) is 0. The highest BCUT2D eigenvalue weighted by Gasteiger charge is 2.42. The predicted molar refractivity (Wildman–Crippen MR) is 79.1 cm³/mol. The first-order valence-corrected chi connectivity index (χ1v) is 7.76. The van der Waals surface area contributed by atoms with Gasteiger partial charge in [0.05, 0.1) is 44.7 Å². The number of hydrogen-bond acceptors (Lipinski definition) is 5. The van der Waals surface area contributed by atoms with E-state index >= 15 is 0 Å². The van der Waals surface area contributed by atoms with Crippen molar-refractivity contribution in [3.8, 4) is 0 Å². The van der Waals surface area contributed by atoms with Crippen molar-refractivity contribution >= 4 is 0 Å². The third kappa shape index (κ3) is 6.50. The SMILES string of the molecule is CCCNC1CC(OCCOC(C)C)C1OCCOC. The smallest absolute Gasteiger partial charge is 0.0991 e. The summed E-state index contributed by atoms with van der Waals surface area (Å²) in [6.07, 6.45) is 2.72. The highest BCUT2D eigenvalue weighted by atomic mass is 16.6. The van der Waals surface area contributed by atoms with Gasteiger partial charge in [-0.15, -0.1) is 0 Å². The zero-order chi connectivity index (χ0) is 14.8. The van der Waals surface area contributed by atoms with Gasteiger partial charge in [-0.1, -0.05) is 6.92 Å². The maximum Gasteiger partial charge on any atom is 0.0991 e. The molecule has 3 unspecified atom stereocenters. The molecule has 1 aliphatic carbocycles. The molecular formula is C15H31NO4. The van der Waals surface area contributed by atoms with E-state index in [2.05, 4.69) is 12.2 Å². The molecule has 0 saturated heterocycles. The van der Waals surface area contributed by atoms with E-state index in [1.807, 2.05) is 13.8 Å². The summed E-state index contributed by atoms with van der Waals surface area (Å²) in [4.78, 5) is 0. The Labute approximate surface area is 123 Å². The van der Waals surface area contributed by atoms with Crippen molar-refractivity contribution in [3.63, 3.8) is 0 Å². The summed E-state index contributed by atoms with van der Waals surface area (Å²) in [6.45, 7) is 9.78. The molecule has 1 fully saturated rings. The number of nitrogens with one attached hydrogen (secondary N) is 1. The lowest BCUT2D eigenvalue weighted by Gasteiger charge is -2.44. The largest absolute Gasteiger partial charge is 0.382 e. The highest BCUT2D eigenvalue weighted by Crippen LogP contribution is 2.27. The van der Waals surface area contributed by atoms with E-state index < -0.39 is 0 Å². The molecule has 0 amide bonds. The summed E-state index contributed by atoms with van der Waals surface area (Å²) < 4.78 is 22.2. The summed E-state index contributed by atoms with van der Waals surface area (Å²) in [5.41, 5.74) is 0. The van der Waals surface area contributed by atoms with Crippen molar-refractivity contribution < 1.29 is 18.9 Å². The maximum absolute atomic E-state index is 5.87. The molecule has 0 aliphatic heterocycles. The minimum absolute atomic E-state index is 0.135. The molecule has 1 saturated carbocycles. The Morgan fingerprint density at radius 1 is 1.10 bits per heavy atom. The number of methoxy groups -OCH3 is 1. The summed E-state index contributed by atoms with van der Waals surface area (Å²) in [7, 11) is 1.69. The van der Waals surface area contributed by atoms with Gasteiger partial charge in [-0.05, 0) is 33.2 Å². The second-order valence-corrected chi connectivity index (χ2v) is 5.45. The third-order valence-corrected chi connectivity index (χ3v) is 3.37. The van der Waals surface area contributed by atoms with Gasteiger partial charge in [0.1, 0.15) is 0 Å². The summed E-state index contributed by atoms with van der Waals surface area (Å²) in [6, 6.07) is 0.405. The Hall–Kier alpha value is -0.200. The van der Waals surface area contributed by atoms with Gasteiger partial charge in [0.2, 0.25) is 0 Å². The van der Waals surface area contributed by atoms with Crippen molar-refractivity contribution in [1.82, 2.24) is 5.32 Å². The lowest BCUT2D eigenvalue weighted by molar-refractivity contribution is -0.158. The van der Waals surface area contributed by atoms with Crippen LogP contribution in [0.3, 0.4) is 0 Å². The topological polar surface area (TPSA) is 49.0 Å². The molecule has 0 aromatic heterocycles. The van der Waals surface area contributed by atoms with Crippen LogP contribution in [0.5, 0.6) is 0 Å². The van der Waals surface area contributed by atoms with Gasteiger partial charge >= 0.3 is 0 Å². The lowest BCUT2D eigenvalue weighted by Crippen LogP contribution is -2.60. The van der Waals surface area contributed by atoms with Gasteiger partial charge in [0.15, 0.2) is 0 Å². The summed E-state index contributed by atoms with van der Waals surface area (Å²) in [5, 5.41) is 3.51. The zero-order valence-electron chi connectivity index (χ0n) is 13.4. The molecule has 0 heterocycles. The molecule has 120 valence electrons. The molecule has 1 N–H and O–H groups in total. The molecule has 0 aromatic rings. The first-order chi connectivity index (χ1) is 9.69. The van der Waals surface area contributed by atoms with E-state index in [1.54, 1.807) is 7.11 Å².